The highest BCUT2D eigenvalue weighted by Crippen LogP contribution is 2.28. The van der Waals surface area contributed by atoms with Crippen LogP contribution in [0.3, 0.4) is 0 Å². The summed E-state index contributed by atoms with van der Waals surface area (Å²) in [5.74, 6) is -0.00362. The predicted octanol–water partition coefficient (Wildman–Crippen LogP) is 4.13. The molecule has 1 aliphatic rings. The molecule has 1 fully saturated rings. The van der Waals surface area contributed by atoms with Crippen LogP contribution in [0.15, 0.2) is 18.2 Å². The molecule has 0 aliphatic carbocycles. The lowest BCUT2D eigenvalue weighted by Crippen LogP contribution is -2.24. The van der Waals surface area contributed by atoms with Gasteiger partial charge in [-0.1, -0.05) is 6.07 Å². The Bertz CT molecular complexity index is 691. The number of methoxy groups -OCH3 is 1. The fourth-order valence-corrected chi connectivity index (χ4v) is 3.24. The highest BCUT2D eigenvalue weighted by atomic mass is 16.6. The molecule has 1 aliphatic heterocycles. The van der Waals surface area contributed by atoms with Gasteiger partial charge >= 0.3 is 11.9 Å². The van der Waals surface area contributed by atoms with Crippen LogP contribution < -0.4 is 4.74 Å². The van der Waals surface area contributed by atoms with E-state index in [1.807, 2.05) is 52.8 Å². The predicted molar refractivity (Wildman–Crippen MR) is 105 cm³/mol. The molecule has 1 saturated heterocycles. The summed E-state index contributed by atoms with van der Waals surface area (Å²) in [5, 5.41) is 0. The molecule has 3 atom stereocenters. The van der Waals surface area contributed by atoms with E-state index in [-0.39, 0.29) is 36.5 Å². The number of hydrogen-bond donors (Lipinski definition) is 0. The van der Waals surface area contributed by atoms with Crippen molar-refractivity contribution in [3.63, 3.8) is 0 Å². The van der Waals surface area contributed by atoms with Gasteiger partial charge in [-0.3, -0.25) is 9.59 Å². The summed E-state index contributed by atoms with van der Waals surface area (Å²) >= 11 is 0. The van der Waals surface area contributed by atoms with Crippen LogP contribution in [0.5, 0.6) is 5.75 Å². The van der Waals surface area contributed by atoms with Gasteiger partial charge in [-0.25, -0.2) is 0 Å². The molecule has 0 radical (unpaired) electrons. The summed E-state index contributed by atoms with van der Waals surface area (Å²) < 4.78 is 21.9. The van der Waals surface area contributed by atoms with Crippen molar-refractivity contribution in [1.82, 2.24) is 0 Å². The van der Waals surface area contributed by atoms with Crippen LogP contribution in [0.4, 0.5) is 0 Å². The quantitative estimate of drug-likeness (QED) is 0.650. The average Bonchev–Trinajstić information content (AvgIpc) is 3.07. The smallest absolute Gasteiger partial charge is 0.311 e. The average molecular weight is 392 g/mol. The Balaban J connectivity index is 1.80. The molecular formula is C22H32O6. The molecular weight excluding hydrogens is 360 g/mol. The monoisotopic (exact) mass is 392 g/mol. The van der Waals surface area contributed by atoms with E-state index in [2.05, 4.69) is 0 Å². The number of rotatable bonds is 7. The largest absolute Gasteiger partial charge is 0.496 e. The minimum Gasteiger partial charge on any atom is -0.496 e. The lowest BCUT2D eigenvalue weighted by atomic mass is 10.0. The van der Waals surface area contributed by atoms with E-state index in [0.29, 0.717) is 19.4 Å². The molecule has 0 N–H and O–H groups in total. The van der Waals surface area contributed by atoms with Crippen molar-refractivity contribution in [2.24, 2.45) is 5.92 Å². The molecule has 6 heteroatoms. The van der Waals surface area contributed by atoms with Gasteiger partial charge in [0.15, 0.2) is 0 Å². The fraction of sp³-hybridized carbons (Fsp3) is 0.636. The van der Waals surface area contributed by atoms with Crippen LogP contribution in [0.25, 0.3) is 0 Å². The summed E-state index contributed by atoms with van der Waals surface area (Å²) in [5.41, 5.74) is 1.43. The van der Waals surface area contributed by atoms with Crippen LogP contribution >= 0.6 is 0 Å². The maximum absolute atomic E-state index is 12.5. The molecule has 1 heterocycles. The van der Waals surface area contributed by atoms with Crippen LogP contribution in [0, 0.1) is 12.8 Å². The van der Waals surface area contributed by atoms with E-state index in [1.54, 1.807) is 7.11 Å². The van der Waals surface area contributed by atoms with Gasteiger partial charge in [-0.2, -0.15) is 0 Å². The number of carbonyl (C=O) groups is 2. The van der Waals surface area contributed by atoms with Gasteiger partial charge in [-0.15, -0.1) is 0 Å². The first-order chi connectivity index (χ1) is 13.1. The summed E-state index contributed by atoms with van der Waals surface area (Å²) in [6.07, 6.45) is 0.925. The van der Waals surface area contributed by atoms with Crippen molar-refractivity contribution in [3.8, 4) is 5.75 Å². The molecule has 0 saturated carbocycles. The Hall–Kier alpha value is -2.08. The lowest BCUT2D eigenvalue weighted by molar-refractivity contribution is -0.155. The Labute approximate surface area is 167 Å². The first-order valence-electron chi connectivity index (χ1n) is 9.77. The molecule has 156 valence electrons. The van der Waals surface area contributed by atoms with Crippen molar-refractivity contribution in [1.29, 1.82) is 0 Å². The molecule has 2 unspecified atom stereocenters. The number of hydrogen-bond acceptors (Lipinski definition) is 6. The summed E-state index contributed by atoms with van der Waals surface area (Å²) in [6, 6.07) is 5.74. The number of aryl methyl sites for hydroxylation is 1. The summed E-state index contributed by atoms with van der Waals surface area (Å²) in [6.45, 7) is 9.66. The van der Waals surface area contributed by atoms with Crippen LogP contribution in [-0.4, -0.2) is 37.4 Å². The van der Waals surface area contributed by atoms with Crippen LogP contribution in [-0.2, 0) is 23.8 Å². The lowest BCUT2D eigenvalue weighted by Gasteiger charge is -2.20. The maximum Gasteiger partial charge on any atom is 0.311 e. The van der Waals surface area contributed by atoms with Crippen molar-refractivity contribution in [3.05, 3.63) is 29.3 Å². The van der Waals surface area contributed by atoms with Gasteiger partial charge < -0.3 is 18.9 Å². The van der Waals surface area contributed by atoms with Crippen molar-refractivity contribution >= 4 is 11.9 Å². The normalized spacial score (nSPS) is 20.5. The van der Waals surface area contributed by atoms with E-state index in [1.165, 1.54) is 0 Å². The zero-order valence-corrected chi connectivity index (χ0v) is 17.7. The minimum absolute atomic E-state index is 0.122. The molecule has 6 nitrogen and oxygen atoms in total. The molecule has 28 heavy (non-hydrogen) atoms. The zero-order chi connectivity index (χ0) is 20.9. The van der Waals surface area contributed by atoms with Crippen molar-refractivity contribution < 1.29 is 28.5 Å². The topological polar surface area (TPSA) is 71.1 Å². The standard InChI is InChI=1S/C22H32O6/c1-14-11-16(7-9-19(14)25-6)15(2)27-21(24)17-12-18(26-13-17)8-10-20(23)28-22(3,4)5/h7,9,11,15,17-18H,8,10,12-13H2,1-6H3/t15-,17?,18?/m1/s1. The van der Waals surface area contributed by atoms with Crippen LogP contribution in [0.1, 0.15) is 64.2 Å². The SMILES string of the molecule is COc1ccc([C@@H](C)OC(=O)C2COC(CCC(=O)OC(C)(C)C)C2)cc1C. The molecule has 0 bridgehead atoms. The minimum atomic E-state index is -0.490. The number of benzene rings is 1. The number of esters is 2. The van der Waals surface area contributed by atoms with E-state index < -0.39 is 5.60 Å². The Kier molecular flexibility index (Phi) is 7.47. The Morgan fingerprint density at radius 3 is 2.61 bits per heavy atom. The summed E-state index contributed by atoms with van der Waals surface area (Å²) in [4.78, 5) is 24.3. The van der Waals surface area contributed by atoms with Gasteiger partial charge in [0, 0.05) is 6.42 Å². The highest BCUT2D eigenvalue weighted by molar-refractivity contribution is 5.73. The second-order valence-electron chi connectivity index (χ2n) is 8.32. The second kappa shape index (κ2) is 9.41. The van der Waals surface area contributed by atoms with Crippen LogP contribution in [0.2, 0.25) is 0 Å². The van der Waals surface area contributed by atoms with E-state index in [9.17, 15) is 9.59 Å². The molecule has 2 rings (SSSR count). The number of ether oxygens (including phenoxy) is 4. The van der Waals surface area contributed by atoms with Gasteiger partial charge in [-0.05, 0) is 70.7 Å². The van der Waals surface area contributed by atoms with Crippen molar-refractivity contribution in [2.45, 2.75) is 71.7 Å². The molecule has 0 aromatic heterocycles. The van der Waals surface area contributed by atoms with Gasteiger partial charge in [0.05, 0.1) is 25.7 Å². The third kappa shape index (κ3) is 6.51. The zero-order valence-electron chi connectivity index (χ0n) is 17.7. The highest BCUT2D eigenvalue weighted by Gasteiger charge is 2.33. The third-order valence-electron chi connectivity index (χ3n) is 4.69. The van der Waals surface area contributed by atoms with Gasteiger partial charge in [0.2, 0.25) is 0 Å². The van der Waals surface area contributed by atoms with E-state index >= 15 is 0 Å². The molecule has 0 spiro atoms. The molecule has 1 aromatic carbocycles. The fourth-order valence-electron chi connectivity index (χ4n) is 3.24. The molecule has 1 aromatic rings. The third-order valence-corrected chi connectivity index (χ3v) is 4.69. The Morgan fingerprint density at radius 1 is 1.29 bits per heavy atom. The summed E-state index contributed by atoms with van der Waals surface area (Å²) in [7, 11) is 1.63. The first kappa shape index (κ1) is 22.2. The second-order valence-corrected chi connectivity index (χ2v) is 8.32. The maximum atomic E-state index is 12.5. The number of carbonyl (C=O) groups excluding carboxylic acids is 2. The first-order valence-corrected chi connectivity index (χ1v) is 9.77. The molecule has 0 amide bonds. The van der Waals surface area contributed by atoms with Gasteiger partial charge in [0.1, 0.15) is 17.5 Å². The van der Waals surface area contributed by atoms with E-state index in [4.69, 9.17) is 18.9 Å². The van der Waals surface area contributed by atoms with Gasteiger partial charge in [0.25, 0.3) is 0 Å². The Morgan fingerprint density at radius 2 is 2.00 bits per heavy atom. The van der Waals surface area contributed by atoms with Crippen molar-refractivity contribution in [2.75, 3.05) is 13.7 Å². The van der Waals surface area contributed by atoms with E-state index in [0.717, 1.165) is 16.9 Å².